The van der Waals surface area contributed by atoms with Crippen LogP contribution in [0.2, 0.25) is 0 Å². The lowest BCUT2D eigenvalue weighted by Gasteiger charge is -2.09. The molecule has 4 nitrogen and oxygen atoms in total. The van der Waals surface area contributed by atoms with E-state index in [1.165, 1.54) is 11.3 Å². The molecule has 1 heterocycles. The fraction of sp³-hybridized carbons (Fsp3) is 0.545. The second-order valence-corrected chi connectivity index (χ2v) is 5.28. The van der Waals surface area contributed by atoms with E-state index in [0.29, 0.717) is 23.9 Å². The summed E-state index contributed by atoms with van der Waals surface area (Å²) < 4.78 is 0. The standard InChI is InChI=1S/C11H15NO3S/c13-9(7-1-2-7)6-12-5-8-3-4-10(16-8)11(14)15/h3-4,7,9,12-13H,1-2,5-6H2,(H,14,15). The van der Waals surface area contributed by atoms with Gasteiger partial charge in [-0.15, -0.1) is 11.3 Å². The Morgan fingerprint density at radius 1 is 1.56 bits per heavy atom. The van der Waals surface area contributed by atoms with Gasteiger partial charge < -0.3 is 15.5 Å². The molecule has 2 rings (SSSR count). The summed E-state index contributed by atoms with van der Waals surface area (Å²) in [5.41, 5.74) is 0. The maximum atomic E-state index is 10.6. The van der Waals surface area contributed by atoms with Crippen LogP contribution in [0.15, 0.2) is 12.1 Å². The first-order chi connectivity index (χ1) is 7.66. The average Bonchev–Trinajstić information content (AvgIpc) is 2.98. The summed E-state index contributed by atoms with van der Waals surface area (Å²) in [5, 5.41) is 21.5. The highest BCUT2D eigenvalue weighted by atomic mass is 32.1. The van der Waals surface area contributed by atoms with E-state index in [1.54, 1.807) is 6.07 Å². The van der Waals surface area contributed by atoms with Gasteiger partial charge in [-0.05, 0) is 30.9 Å². The molecule has 88 valence electrons. The minimum atomic E-state index is -0.880. The summed E-state index contributed by atoms with van der Waals surface area (Å²) in [4.78, 5) is 12.0. The molecule has 1 saturated carbocycles. The van der Waals surface area contributed by atoms with Crippen LogP contribution in [0.1, 0.15) is 27.4 Å². The van der Waals surface area contributed by atoms with Crippen molar-refractivity contribution in [1.82, 2.24) is 5.32 Å². The molecule has 0 aromatic carbocycles. The number of hydrogen-bond acceptors (Lipinski definition) is 4. The van der Waals surface area contributed by atoms with Crippen molar-refractivity contribution in [2.45, 2.75) is 25.5 Å². The van der Waals surface area contributed by atoms with Crippen molar-refractivity contribution in [3.8, 4) is 0 Å². The molecule has 0 saturated heterocycles. The normalized spacial score (nSPS) is 17.3. The molecular weight excluding hydrogens is 226 g/mol. The maximum absolute atomic E-state index is 10.6. The molecule has 0 bridgehead atoms. The van der Waals surface area contributed by atoms with Crippen molar-refractivity contribution in [1.29, 1.82) is 0 Å². The van der Waals surface area contributed by atoms with Crippen molar-refractivity contribution in [2.75, 3.05) is 6.54 Å². The van der Waals surface area contributed by atoms with E-state index in [-0.39, 0.29) is 6.10 Å². The zero-order valence-corrected chi connectivity index (χ0v) is 9.67. The number of aliphatic hydroxyl groups excluding tert-OH is 1. The van der Waals surface area contributed by atoms with Crippen molar-refractivity contribution in [2.24, 2.45) is 5.92 Å². The van der Waals surface area contributed by atoms with Gasteiger partial charge in [-0.2, -0.15) is 0 Å². The van der Waals surface area contributed by atoms with Crippen LogP contribution in [0, 0.1) is 5.92 Å². The van der Waals surface area contributed by atoms with Crippen LogP contribution in [-0.2, 0) is 6.54 Å². The molecule has 1 aliphatic carbocycles. The predicted molar refractivity (Wildman–Crippen MR) is 61.7 cm³/mol. The zero-order chi connectivity index (χ0) is 11.5. The van der Waals surface area contributed by atoms with Crippen LogP contribution < -0.4 is 5.32 Å². The third-order valence-electron chi connectivity index (χ3n) is 2.69. The largest absolute Gasteiger partial charge is 0.477 e. The third kappa shape index (κ3) is 3.04. The highest BCUT2D eigenvalue weighted by Crippen LogP contribution is 2.32. The fourth-order valence-electron chi connectivity index (χ4n) is 1.58. The summed E-state index contributed by atoms with van der Waals surface area (Å²) >= 11 is 1.27. The Hall–Kier alpha value is -0.910. The second-order valence-electron chi connectivity index (χ2n) is 4.11. The Morgan fingerprint density at radius 3 is 2.88 bits per heavy atom. The quantitative estimate of drug-likeness (QED) is 0.702. The molecule has 0 amide bonds. The van der Waals surface area contributed by atoms with Gasteiger partial charge in [0, 0.05) is 18.0 Å². The van der Waals surface area contributed by atoms with E-state index in [4.69, 9.17) is 5.11 Å². The average molecular weight is 241 g/mol. The lowest BCUT2D eigenvalue weighted by atomic mass is 10.2. The van der Waals surface area contributed by atoms with Gasteiger partial charge in [-0.1, -0.05) is 0 Å². The number of nitrogens with one attached hydrogen (secondary N) is 1. The molecule has 1 aromatic heterocycles. The third-order valence-corrected chi connectivity index (χ3v) is 3.76. The summed E-state index contributed by atoms with van der Waals surface area (Å²) in [5.74, 6) is -0.403. The predicted octanol–water partition coefficient (Wildman–Crippen LogP) is 1.31. The van der Waals surface area contributed by atoms with Crippen molar-refractivity contribution >= 4 is 17.3 Å². The summed E-state index contributed by atoms with van der Waals surface area (Å²) in [6, 6.07) is 3.42. The number of carbonyl (C=O) groups is 1. The monoisotopic (exact) mass is 241 g/mol. The first kappa shape index (κ1) is 11.6. The molecule has 0 aliphatic heterocycles. The minimum Gasteiger partial charge on any atom is -0.477 e. The van der Waals surface area contributed by atoms with Gasteiger partial charge >= 0.3 is 5.97 Å². The highest BCUT2D eigenvalue weighted by molar-refractivity contribution is 7.13. The molecule has 0 radical (unpaired) electrons. The smallest absolute Gasteiger partial charge is 0.345 e. The zero-order valence-electron chi connectivity index (χ0n) is 8.85. The SMILES string of the molecule is O=C(O)c1ccc(CNCC(O)C2CC2)s1. The Labute approximate surface area is 97.9 Å². The van der Waals surface area contributed by atoms with Crippen LogP contribution in [-0.4, -0.2) is 28.8 Å². The van der Waals surface area contributed by atoms with E-state index in [2.05, 4.69) is 5.32 Å². The van der Waals surface area contributed by atoms with Crippen LogP contribution in [0.4, 0.5) is 0 Å². The van der Waals surface area contributed by atoms with Gasteiger partial charge in [0.25, 0.3) is 0 Å². The van der Waals surface area contributed by atoms with E-state index in [0.717, 1.165) is 17.7 Å². The van der Waals surface area contributed by atoms with Crippen LogP contribution in [0.5, 0.6) is 0 Å². The molecular formula is C11H15NO3S. The van der Waals surface area contributed by atoms with Gasteiger partial charge in [0.05, 0.1) is 6.10 Å². The molecule has 1 aromatic rings. The van der Waals surface area contributed by atoms with E-state index in [1.807, 2.05) is 6.07 Å². The Bertz CT molecular complexity index is 373. The van der Waals surface area contributed by atoms with E-state index in [9.17, 15) is 9.90 Å². The number of hydrogen-bond donors (Lipinski definition) is 3. The van der Waals surface area contributed by atoms with Gasteiger partial charge in [0.2, 0.25) is 0 Å². The topological polar surface area (TPSA) is 69.6 Å². The van der Waals surface area contributed by atoms with Gasteiger partial charge in [0.15, 0.2) is 0 Å². The van der Waals surface area contributed by atoms with Gasteiger partial charge in [-0.25, -0.2) is 4.79 Å². The summed E-state index contributed by atoms with van der Waals surface area (Å²) in [7, 11) is 0. The second kappa shape index (κ2) is 4.95. The van der Waals surface area contributed by atoms with Crippen LogP contribution in [0.3, 0.4) is 0 Å². The highest BCUT2D eigenvalue weighted by Gasteiger charge is 2.29. The van der Waals surface area contributed by atoms with Crippen molar-refractivity contribution in [3.05, 3.63) is 21.9 Å². The maximum Gasteiger partial charge on any atom is 0.345 e. The minimum absolute atomic E-state index is 0.251. The molecule has 5 heteroatoms. The van der Waals surface area contributed by atoms with Crippen molar-refractivity contribution < 1.29 is 15.0 Å². The first-order valence-corrected chi connectivity index (χ1v) is 6.19. The Balaban J connectivity index is 1.73. The number of carboxylic acids is 1. The summed E-state index contributed by atoms with van der Waals surface area (Å²) in [6.45, 7) is 1.21. The molecule has 1 atom stereocenters. The van der Waals surface area contributed by atoms with Crippen LogP contribution in [0.25, 0.3) is 0 Å². The number of thiophene rings is 1. The Morgan fingerprint density at radius 2 is 2.31 bits per heavy atom. The molecule has 1 aliphatic rings. The van der Waals surface area contributed by atoms with E-state index >= 15 is 0 Å². The molecule has 16 heavy (non-hydrogen) atoms. The van der Waals surface area contributed by atoms with Crippen molar-refractivity contribution in [3.63, 3.8) is 0 Å². The number of rotatable bonds is 6. The van der Waals surface area contributed by atoms with E-state index < -0.39 is 5.97 Å². The molecule has 1 unspecified atom stereocenters. The summed E-state index contributed by atoms with van der Waals surface area (Å²) in [6.07, 6.45) is 2.01. The van der Waals surface area contributed by atoms with Gasteiger partial charge in [0.1, 0.15) is 4.88 Å². The lowest BCUT2D eigenvalue weighted by Crippen LogP contribution is -2.27. The number of carboxylic acid groups (broad SMARTS) is 1. The van der Waals surface area contributed by atoms with Crippen LogP contribution >= 0.6 is 11.3 Å². The molecule has 0 spiro atoms. The molecule has 3 N–H and O–H groups in total. The Kier molecular flexibility index (Phi) is 3.58. The first-order valence-electron chi connectivity index (χ1n) is 5.37. The van der Waals surface area contributed by atoms with Gasteiger partial charge in [-0.3, -0.25) is 0 Å². The number of aliphatic hydroxyl groups is 1. The lowest BCUT2D eigenvalue weighted by molar-refractivity contribution is 0.0702. The number of aromatic carboxylic acids is 1. The molecule has 1 fully saturated rings. The fourth-order valence-corrected chi connectivity index (χ4v) is 2.39.